The topological polar surface area (TPSA) is 94.0 Å². The fourth-order valence-corrected chi connectivity index (χ4v) is 1.97. The molecule has 6 nitrogen and oxygen atoms in total. The lowest BCUT2D eigenvalue weighted by Gasteiger charge is -2.13. The summed E-state index contributed by atoms with van der Waals surface area (Å²) in [5.74, 6) is 0.725. The van der Waals surface area contributed by atoms with E-state index in [0.29, 0.717) is 29.4 Å². The molecular weight excluding hydrogens is 268 g/mol. The fraction of sp³-hybridized carbons (Fsp3) is 0.400. The van der Waals surface area contributed by atoms with Crippen molar-refractivity contribution in [1.82, 2.24) is 10.1 Å². The number of nitrogens with one attached hydrogen (secondary N) is 1. The molecular formula is C15H20N4O2. The molecule has 112 valence electrons. The van der Waals surface area contributed by atoms with E-state index in [1.165, 1.54) is 0 Å². The second kappa shape index (κ2) is 6.99. The van der Waals surface area contributed by atoms with Gasteiger partial charge in [-0.1, -0.05) is 37.1 Å². The Labute approximate surface area is 123 Å². The normalized spacial score (nSPS) is 12.1. The van der Waals surface area contributed by atoms with Gasteiger partial charge in [-0.05, 0) is 25.5 Å². The Balaban J connectivity index is 2.15. The number of unbranched alkanes of at least 4 members (excludes halogenated alkanes) is 1. The van der Waals surface area contributed by atoms with Gasteiger partial charge in [-0.3, -0.25) is 4.79 Å². The second-order valence-corrected chi connectivity index (χ2v) is 4.93. The first-order chi connectivity index (χ1) is 10.1. The third-order valence-corrected chi connectivity index (χ3v) is 3.15. The average Bonchev–Trinajstić information content (AvgIpc) is 2.91. The molecule has 1 aromatic carbocycles. The van der Waals surface area contributed by atoms with Crippen molar-refractivity contribution in [3.63, 3.8) is 0 Å². The maximum atomic E-state index is 12.1. The predicted molar refractivity (Wildman–Crippen MR) is 80.6 cm³/mol. The molecule has 0 fully saturated rings. The van der Waals surface area contributed by atoms with Crippen molar-refractivity contribution in [1.29, 1.82) is 0 Å². The van der Waals surface area contributed by atoms with Crippen LogP contribution in [0.3, 0.4) is 0 Å². The van der Waals surface area contributed by atoms with E-state index in [4.69, 9.17) is 10.3 Å². The fourth-order valence-electron chi connectivity index (χ4n) is 1.97. The molecule has 0 radical (unpaired) electrons. The van der Waals surface area contributed by atoms with Crippen LogP contribution in [0.2, 0.25) is 0 Å². The molecule has 1 atom stereocenters. The van der Waals surface area contributed by atoms with E-state index in [0.717, 1.165) is 12.8 Å². The molecule has 2 rings (SSSR count). The number of hydrogen-bond acceptors (Lipinski definition) is 5. The van der Waals surface area contributed by atoms with Crippen LogP contribution >= 0.6 is 0 Å². The Bertz CT molecular complexity index is 609. The number of benzene rings is 1. The van der Waals surface area contributed by atoms with E-state index in [2.05, 4.69) is 22.4 Å². The van der Waals surface area contributed by atoms with Crippen molar-refractivity contribution in [2.45, 2.75) is 39.2 Å². The number of anilines is 1. The molecule has 0 bridgehead atoms. The van der Waals surface area contributed by atoms with Crippen molar-refractivity contribution >= 4 is 11.6 Å². The lowest BCUT2D eigenvalue weighted by atomic mass is 10.1. The summed E-state index contributed by atoms with van der Waals surface area (Å²) in [4.78, 5) is 16.3. The number of nitrogens with two attached hydrogens (primary N) is 1. The average molecular weight is 288 g/mol. The van der Waals surface area contributed by atoms with Gasteiger partial charge in [0.15, 0.2) is 5.82 Å². The second-order valence-electron chi connectivity index (χ2n) is 4.93. The first-order valence-electron chi connectivity index (χ1n) is 7.08. The van der Waals surface area contributed by atoms with Gasteiger partial charge in [0.1, 0.15) is 0 Å². The van der Waals surface area contributed by atoms with Crippen LogP contribution < -0.4 is 11.1 Å². The molecule has 1 aromatic heterocycles. The summed E-state index contributed by atoms with van der Waals surface area (Å²) in [7, 11) is 0. The highest BCUT2D eigenvalue weighted by atomic mass is 16.5. The van der Waals surface area contributed by atoms with Crippen molar-refractivity contribution < 1.29 is 9.32 Å². The molecule has 0 aliphatic carbocycles. The predicted octanol–water partition coefficient (Wildman–Crippen LogP) is 2.50. The van der Waals surface area contributed by atoms with Gasteiger partial charge in [0.05, 0.1) is 17.3 Å². The maximum absolute atomic E-state index is 12.1. The van der Waals surface area contributed by atoms with Gasteiger partial charge in [-0.15, -0.1) is 0 Å². The first-order valence-corrected chi connectivity index (χ1v) is 7.08. The van der Waals surface area contributed by atoms with Crippen molar-refractivity contribution in [3.8, 4) is 11.5 Å². The van der Waals surface area contributed by atoms with Gasteiger partial charge in [-0.25, -0.2) is 0 Å². The number of para-hydroxylation sites is 1. The Morgan fingerprint density at radius 2 is 2.19 bits per heavy atom. The summed E-state index contributed by atoms with van der Waals surface area (Å²) in [6, 6.07) is 6.78. The highest BCUT2D eigenvalue weighted by molar-refractivity contribution is 5.97. The molecule has 0 spiro atoms. The zero-order chi connectivity index (χ0) is 15.2. The van der Waals surface area contributed by atoms with E-state index < -0.39 is 6.04 Å². The zero-order valence-electron chi connectivity index (χ0n) is 12.3. The smallest absolute Gasteiger partial charge is 0.260 e. The number of amides is 1. The number of nitrogens with zero attached hydrogens (tertiary/aromatic N) is 2. The van der Waals surface area contributed by atoms with Gasteiger partial charge in [0.2, 0.25) is 5.91 Å². The summed E-state index contributed by atoms with van der Waals surface area (Å²) in [6.07, 6.45) is 2.61. The summed E-state index contributed by atoms with van der Waals surface area (Å²) in [5.41, 5.74) is 7.19. The summed E-state index contributed by atoms with van der Waals surface area (Å²) >= 11 is 0. The summed E-state index contributed by atoms with van der Waals surface area (Å²) in [5, 5.41) is 6.60. The van der Waals surface area contributed by atoms with Gasteiger partial charge in [0.25, 0.3) is 5.89 Å². The van der Waals surface area contributed by atoms with E-state index >= 15 is 0 Å². The van der Waals surface area contributed by atoms with E-state index in [1.807, 2.05) is 18.2 Å². The molecule has 0 saturated heterocycles. The van der Waals surface area contributed by atoms with Crippen LogP contribution in [0.1, 0.15) is 32.0 Å². The molecule has 0 saturated carbocycles. The van der Waals surface area contributed by atoms with Crippen molar-refractivity contribution in [2.75, 3.05) is 5.32 Å². The van der Waals surface area contributed by atoms with Crippen LogP contribution in [0, 0.1) is 6.92 Å². The highest BCUT2D eigenvalue weighted by Gasteiger charge is 2.17. The molecule has 21 heavy (non-hydrogen) atoms. The number of aromatic nitrogens is 2. The minimum absolute atomic E-state index is 0.202. The van der Waals surface area contributed by atoms with Crippen LogP contribution in [0.25, 0.3) is 11.5 Å². The summed E-state index contributed by atoms with van der Waals surface area (Å²) in [6.45, 7) is 3.81. The molecule has 0 aliphatic heterocycles. The van der Waals surface area contributed by atoms with Crippen molar-refractivity contribution in [2.24, 2.45) is 5.73 Å². The molecule has 6 heteroatoms. The van der Waals surface area contributed by atoms with E-state index in [-0.39, 0.29) is 5.91 Å². The SMILES string of the molecule is CCCCC(N)C(=O)Nc1ccccc1-c1nc(C)no1. The van der Waals surface area contributed by atoms with Crippen molar-refractivity contribution in [3.05, 3.63) is 30.1 Å². The van der Waals surface area contributed by atoms with Crippen LogP contribution in [0.5, 0.6) is 0 Å². The monoisotopic (exact) mass is 288 g/mol. The van der Waals surface area contributed by atoms with Crippen LogP contribution in [0.4, 0.5) is 5.69 Å². The lowest BCUT2D eigenvalue weighted by molar-refractivity contribution is -0.117. The number of carbonyl (C=O) groups excluding carboxylic acids is 1. The Kier molecular flexibility index (Phi) is 5.05. The Morgan fingerprint density at radius 1 is 1.43 bits per heavy atom. The molecule has 0 aliphatic rings. The maximum Gasteiger partial charge on any atom is 0.260 e. The van der Waals surface area contributed by atoms with Gasteiger partial charge in [-0.2, -0.15) is 4.98 Å². The molecule has 1 heterocycles. The van der Waals surface area contributed by atoms with Gasteiger partial charge < -0.3 is 15.6 Å². The number of carbonyl (C=O) groups is 1. The first kappa shape index (κ1) is 15.2. The lowest BCUT2D eigenvalue weighted by Crippen LogP contribution is -2.35. The number of hydrogen-bond donors (Lipinski definition) is 2. The Morgan fingerprint density at radius 3 is 2.86 bits per heavy atom. The van der Waals surface area contributed by atoms with Crippen LogP contribution in [-0.2, 0) is 4.79 Å². The third kappa shape index (κ3) is 3.88. The minimum atomic E-state index is -0.512. The Hall–Kier alpha value is -2.21. The molecule has 3 N–H and O–H groups in total. The quantitative estimate of drug-likeness (QED) is 0.851. The van der Waals surface area contributed by atoms with Gasteiger partial charge >= 0.3 is 0 Å². The highest BCUT2D eigenvalue weighted by Crippen LogP contribution is 2.26. The zero-order valence-corrected chi connectivity index (χ0v) is 12.3. The number of rotatable bonds is 6. The largest absolute Gasteiger partial charge is 0.334 e. The van der Waals surface area contributed by atoms with E-state index in [9.17, 15) is 4.79 Å². The van der Waals surface area contributed by atoms with E-state index in [1.54, 1.807) is 13.0 Å². The standard InChI is InChI=1S/C15H20N4O2/c1-3-4-8-12(16)14(20)18-13-9-6-5-7-11(13)15-17-10(2)19-21-15/h5-7,9,12H,3-4,8,16H2,1-2H3,(H,18,20). The molecule has 1 amide bonds. The summed E-state index contributed by atoms with van der Waals surface area (Å²) < 4.78 is 5.15. The van der Waals surface area contributed by atoms with Crippen LogP contribution in [-0.4, -0.2) is 22.1 Å². The third-order valence-electron chi connectivity index (χ3n) is 3.15. The van der Waals surface area contributed by atoms with Crippen LogP contribution in [0.15, 0.2) is 28.8 Å². The molecule has 1 unspecified atom stereocenters. The van der Waals surface area contributed by atoms with Gasteiger partial charge in [0, 0.05) is 0 Å². The minimum Gasteiger partial charge on any atom is -0.334 e. The molecule has 2 aromatic rings. The number of aryl methyl sites for hydroxylation is 1.